The Morgan fingerprint density at radius 1 is 1.33 bits per heavy atom. The van der Waals surface area contributed by atoms with E-state index in [1.54, 1.807) is 0 Å². The van der Waals surface area contributed by atoms with Crippen LogP contribution in [0.3, 0.4) is 0 Å². The zero-order chi connectivity index (χ0) is 15.4. The largest absolute Gasteiger partial charge is 0.493 e. The zero-order valence-electron chi connectivity index (χ0n) is 13.5. The molecule has 2 rings (SSSR count). The maximum atomic E-state index is 12.3. The summed E-state index contributed by atoms with van der Waals surface area (Å²) in [6.07, 6.45) is 0.435. The quantitative estimate of drug-likeness (QED) is 0.925. The minimum Gasteiger partial charge on any atom is -0.493 e. The van der Waals surface area contributed by atoms with E-state index in [0.717, 1.165) is 18.8 Å². The Kier molecular flexibility index (Phi) is 5.23. The van der Waals surface area contributed by atoms with Crippen molar-refractivity contribution in [3.05, 3.63) is 29.3 Å². The normalized spacial score (nSPS) is 22.2. The van der Waals surface area contributed by atoms with Crippen LogP contribution in [0.25, 0.3) is 0 Å². The summed E-state index contributed by atoms with van der Waals surface area (Å²) in [4.78, 5) is 14.2. The highest BCUT2D eigenvalue weighted by atomic mass is 16.5. The number of benzene rings is 1. The van der Waals surface area contributed by atoms with Gasteiger partial charge in [-0.25, -0.2) is 0 Å². The van der Waals surface area contributed by atoms with Crippen molar-refractivity contribution in [3.8, 4) is 5.75 Å². The van der Waals surface area contributed by atoms with E-state index in [1.165, 1.54) is 11.1 Å². The van der Waals surface area contributed by atoms with Gasteiger partial charge >= 0.3 is 0 Å². The molecule has 21 heavy (non-hydrogen) atoms. The van der Waals surface area contributed by atoms with Crippen molar-refractivity contribution >= 4 is 5.91 Å². The molecule has 116 valence electrons. The van der Waals surface area contributed by atoms with Crippen LogP contribution in [-0.2, 0) is 4.79 Å². The van der Waals surface area contributed by atoms with Gasteiger partial charge in [-0.1, -0.05) is 6.07 Å². The summed E-state index contributed by atoms with van der Waals surface area (Å²) in [5, 5.41) is 3.38. The van der Waals surface area contributed by atoms with Crippen LogP contribution in [0, 0.1) is 13.8 Å². The molecule has 0 spiro atoms. The number of nitrogens with zero attached hydrogens (tertiary/aromatic N) is 1. The van der Waals surface area contributed by atoms with Gasteiger partial charge in [0, 0.05) is 25.2 Å². The Morgan fingerprint density at radius 2 is 2.10 bits per heavy atom. The Morgan fingerprint density at radius 3 is 2.81 bits per heavy atom. The number of ether oxygens (including phenoxy) is 1. The third kappa shape index (κ3) is 3.97. The fraction of sp³-hybridized carbons (Fsp3) is 0.588. The predicted molar refractivity (Wildman–Crippen MR) is 84.7 cm³/mol. The van der Waals surface area contributed by atoms with Gasteiger partial charge in [-0.2, -0.15) is 0 Å². The Labute approximate surface area is 127 Å². The van der Waals surface area contributed by atoms with Crippen molar-refractivity contribution in [2.24, 2.45) is 0 Å². The van der Waals surface area contributed by atoms with Gasteiger partial charge in [0.25, 0.3) is 0 Å². The summed E-state index contributed by atoms with van der Waals surface area (Å²) >= 11 is 0. The molecule has 1 saturated heterocycles. The van der Waals surface area contributed by atoms with Crippen LogP contribution in [0.2, 0.25) is 0 Å². The number of carbonyl (C=O) groups is 1. The molecule has 0 bridgehead atoms. The summed E-state index contributed by atoms with van der Waals surface area (Å²) < 4.78 is 5.70. The number of aryl methyl sites for hydroxylation is 2. The van der Waals surface area contributed by atoms with Crippen molar-refractivity contribution in [2.75, 3.05) is 19.7 Å². The highest BCUT2D eigenvalue weighted by Gasteiger charge is 2.27. The van der Waals surface area contributed by atoms with Crippen molar-refractivity contribution in [2.45, 2.75) is 46.2 Å². The Bertz CT molecular complexity index is 502. The van der Waals surface area contributed by atoms with Crippen molar-refractivity contribution in [1.29, 1.82) is 0 Å². The van der Waals surface area contributed by atoms with E-state index in [9.17, 15) is 4.79 Å². The Balaban J connectivity index is 1.82. The maximum Gasteiger partial charge on any atom is 0.226 e. The number of carbonyl (C=O) groups excluding carboxylic acids is 1. The van der Waals surface area contributed by atoms with Gasteiger partial charge < -0.3 is 15.0 Å². The second-order valence-corrected chi connectivity index (χ2v) is 5.92. The minimum absolute atomic E-state index is 0.180. The van der Waals surface area contributed by atoms with E-state index < -0.39 is 0 Å². The van der Waals surface area contributed by atoms with E-state index in [1.807, 2.05) is 23.1 Å². The molecule has 2 unspecified atom stereocenters. The third-order valence-electron chi connectivity index (χ3n) is 4.42. The SMILES string of the molecule is Cc1ccc(OCCC(=O)N2CCNC(C)C2C)cc1C. The molecule has 0 aliphatic carbocycles. The molecule has 4 nitrogen and oxygen atoms in total. The molecule has 1 fully saturated rings. The second kappa shape index (κ2) is 6.94. The first-order valence-corrected chi connectivity index (χ1v) is 7.72. The first-order chi connectivity index (χ1) is 9.99. The minimum atomic E-state index is 0.180. The lowest BCUT2D eigenvalue weighted by molar-refractivity contribution is -0.135. The van der Waals surface area contributed by atoms with Crippen LogP contribution in [0.15, 0.2) is 18.2 Å². The van der Waals surface area contributed by atoms with Crippen LogP contribution in [0.4, 0.5) is 0 Å². The number of nitrogens with one attached hydrogen (secondary N) is 1. The van der Waals surface area contributed by atoms with E-state index in [0.29, 0.717) is 19.1 Å². The second-order valence-electron chi connectivity index (χ2n) is 5.92. The standard InChI is InChI=1S/C17H26N2O2/c1-12-5-6-16(11-13(12)2)21-10-7-17(20)19-9-8-18-14(3)15(19)4/h5-6,11,14-15,18H,7-10H2,1-4H3. The van der Waals surface area contributed by atoms with Crippen LogP contribution < -0.4 is 10.1 Å². The van der Waals surface area contributed by atoms with Crippen molar-refractivity contribution in [1.82, 2.24) is 10.2 Å². The van der Waals surface area contributed by atoms with Gasteiger partial charge in [0.1, 0.15) is 5.75 Å². The molecule has 1 heterocycles. The highest BCUT2D eigenvalue weighted by Crippen LogP contribution is 2.17. The third-order valence-corrected chi connectivity index (χ3v) is 4.42. The summed E-state index contributed by atoms with van der Waals surface area (Å²) in [5.41, 5.74) is 2.46. The molecule has 0 saturated carbocycles. The topological polar surface area (TPSA) is 41.6 Å². The summed E-state index contributed by atoms with van der Waals surface area (Å²) in [5.74, 6) is 1.02. The van der Waals surface area contributed by atoms with Crippen LogP contribution in [0.1, 0.15) is 31.4 Å². The smallest absolute Gasteiger partial charge is 0.226 e. The van der Waals surface area contributed by atoms with Gasteiger partial charge in [0.15, 0.2) is 0 Å². The monoisotopic (exact) mass is 290 g/mol. The Hall–Kier alpha value is -1.55. The number of hydrogen-bond donors (Lipinski definition) is 1. The average molecular weight is 290 g/mol. The first kappa shape index (κ1) is 15.8. The molecule has 1 amide bonds. The number of hydrogen-bond acceptors (Lipinski definition) is 3. The number of piperazine rings is 1. The number of rotatable bonds is 4. The van der Waals surface area contributed by atoms with Gasteiger partial charge in [0.2, 0.25) is 5.91 Å². The van der Waals surface area contributed by atoms with Gasteiger partial charge in [-0.3, -0.25) is 4.79 Å². The van der Waals surface area contributed by atoms with E-state index >= 15 is 0 Å². The predicted octanol–water partition coefficient (Wildman–Crippen LogP) is 2.28. The molecule has 1 aromatic carbocycles. The lowest BCUT2D eigenvalue weighted by Crippen LogP contribution is -2.57. The average Bonchev–Trinajstić information content (AvgIpc) is 2.45. The van der Waals surface area contributed by atoms with Crippen molar-refractivity contribution in [3.63, 3.8) is 0 Å². The molecule has 2 atom stereocenters. The van der Waals surface area contributed by atoms with Crippen LogP contribution in [0.5, 0.6) is 5.75 Å². The van der Waals surface area contributed by atoms with E-state index in [-0.39, 0.29) is 11.9 Å². The fourth-order valence-electron chi connectivity index (χ4n) is 2.61. The molecule has 4 heteroatoms. The molecular weight excluding hydrogens is 264 g/mol. The van der Waals surface area contributed by atoms with E-state index in [4.69, 9.17) is 4.74 Å². The molecular formula is C17H26N2O2. The van der Waals surface area contributed by atoms with Gasteiger partial charge in [-0.15, -0.1) is 0 Å². The highest BCUT2D eigenvalue weighted by molar-refractivity contribution is 5.76. The summed E-state index contributed by atoms with van der Waals surface area (Å²) in [7, 11) is 0. The molecule has 1 N–H and O–H groups in total. The molecule has 1 aliphatic rings. The first-order valence-electron chi connectivity index (χ1n) is 7.72. The van der Waals surface area contributed by atoms with Gasteiger partial charge in [0.05, 0.1) is 13.0 Å². The molecule has 1 aliphatic heterocycles. The number of amides is 1. The fourth-order valence-corrected chi connectivity index (χ4v) is 2.61. The molecule has 0 radical (unpaired) electrons. The molecule has 1 aromatic rings. The van der Waals surface area contributed by atoms with Crippen LogP contribution >= 0.6 is 0 Å². The zero-order valence-corrected chi connectivity index (χ0v) is 13.5. The van der Waals surface area contributed by atoms with Gasteiger partial charge in [-0.05, 0) is 51.0 Å². The summed E-state index contributed by atoms with van der Waals surface area (Å²) in [6.45, 7) is 10.5. The lowest BCUT2D eigenvalue weighted by Gasteiger charge is -2.38. The lowest BCUT2D eigenvalue weighted by atomic mass is 10.1. The molecule has 0 aromatic heterocycles. The van der Waals surface area contributed by atoms with E-state index in [2.05, 4.69) is 33.0 Å². The van der Waals surface area contributed by atoms with Crippen molar-refractivity contribution < 1.29 is 9.53 Å². The maximum absolute atomic E-state index is 12.3. The van der Waals surface area contributed by atoms with Crippen LogP contribution in [-0.4, -0.2) is 42.6 Å². The summed E-state index contributed by atoms with van der Waals surface area (Å²) in [6, 6.07) is 6.63.